The quantitative estimate of drug-likeness (QED) is 0.277. The van der Waals surface area contributed by atoms with Crippen molar-refractivity contribution in [3.8, 4) is 0 Å². The summed E-state index contributed by atoms with van der Waals surface area (Å²) in [6.07, 6.45) is 1.00. The van der Waals surface area contributed by atoms with Crippen molar-refractivity contribution in [2.24, 2.45) is 5.73 Å². The fourth-order valence-corrected chi connectivity index (χ4v) is 0. The Morgan fingerprint density at radius 1 is 1.43 bits per heavy atom. The molecule has 0 aromatic carbocycles. The summed E-state index contributed by atoms with van der Waals surface area (Å²) in [6.45, 7) is 0. The Balaban J connectivity index is 0. The van der Waals surface area contributed by atoms with Crippen LogP contribution in [0.1, 0.15) is 0 Å². The van der Waals surface area contributed by atoms with Gasteiger partial charge in [-0.2, -0.15) is 0 Å². The maximum atomic E-state index is 4.50. The van der Waals surface area contributed by atoms with Crippen molar-refractivity contribution in [1.82, 2.24) is 0 Å². The van der Waals surface area contributed by atoms with Gasteiger partial charge < -0.3 is 0 Å². The standard InChI is InChI=1S/CH4N2.3BrH.Pb/c2-1-3;;;;/h1H,(H3,2,3);3*1H;/q;;;;+4/p-2. The summed E-state index contributed by atoms with van der Waals surface area (Å²) in [5, 5.41) is 4.50. The van der Waals surface area contributed by atoms with E-state index in [-0.39, 0.29) is 0 Å². The van der Waals surface area contributed by atoms with E-state index < -0.39 is 15.5 Å². The van der Waals surface area contributed by atoms with E-state index in [1.165, 1.54) is 0 Å². The van der Waals surface area contributed by atoms with Crippen molar-refractivity contribution in [3.63, 3.8) is 0 Å². The van der Waals surface area contributed by atoms with Gasteiger partial charge in [-0.15, -0.1) is 0 Å². The van der Waals surface area contributed by atoms with E-state index in [1.54, 1.807) is 0 Å². The number of hydrogen-bond donors (Lipinski definition) is 2. The summed E-state index contributed by atoms with van der Waals surface area (Å²) in [5.41, 5.74) is 4.50. The Hall–Kier alpha value is 1.83. The first-order valence-electron chi connectivity index (χ1n) is 1.23. The van der Waals surface area contributed by atoms with Crippen LogP contribution in [0.4, 0.5) is 0 Å². The fraction of sp³-hybridized carbons (Fsp3) is 0. The maximum absolute atomic E-state index is 4.50. The average Bonchev–Trinajstić information content (AvgIpc) is 1.33. The third kappa shape index (κ3) is 79.4. The third-order valence-corrected chi connectivity index (χ3v) is 0. The van der Waals surface area contributed by atoms with E-state index in [0.29, 0.717) is 0 Å². The minimum atomic E-state index is -1.22. The minimum absolute atomic E-state index is 1.00. The number of halogens is 3. The molecule has 2 nitrogen and oxygen atoms in total. The molecule has 0 saturated heterocycles. The van der Waals surface area contributed by atoms with Crippen molar-refractivity contribution in [2.45, 2.75) is 0 Å². The first-order chi connectivity index (χ1) is 3.15. The predicted molar refractivity (Wildman–Crippen MR) is 44.7 cm³/mol. The zero-order valence-electron chi connectivity index (χ0n) is 3.37. The Kier molecular flexibility index (Phi) is 17.8. The molecule has 42 valence electrons. The molecular weight excluding hydrogens is 487 g/mol. The fourth-order valence-electron chi connectivity index (χ4n) is 0. The molecule has 0 spiro atoms. The summed E-state index contributed by atoms with van der Waals surface area (Å²) in [5.74, 6) is 0. The molecule has 0 atom stereocenters. The SMILES string of the molecule is NC=[NH2+].[Br][Pb+]([Br])[Br]. The summed E-state index contributed by atoms with van der Waals surface area (Å²) in [4.78, 5) is 0. The van der Waals surface area contributed by atoms with E-state index >= 15 is 0 Å². The van der Waals surface area contributed by atoms with Gasteiger partial charge in [-0.3, -0.25) is 11.1 Å². The van der Waals surface area contributed by atoms with Crippen molar-refractivity contribution in [3.05, 3.63) is 0 Å². The van der Waals surface area contributed by atoms with E-state index in [0.717, 1.165) is 6.34 Å². The first kappa shape index (κ1) is 11.6. The van der Waals surface area contributed by atoms with Crippen LogP contribution in [-0.4, -0.2) is 21.8 Å². The molecule has 0 aromatic rings. The second-order valence-corrected chi connectivity index (χ2v) is 51.0. The van der Waals surface area contributed by atoms with E-state index in [1.807, 2.05) is 0 Å². The van der Waals surface area contributed by atoms with Crippen LogP contribution in [-0.2, 0) is 0 Å². The molecule has 0 amide bonds. The van der Waals surface area contributed by atoms with Gasteiger partial charge in [0.15, 0.2) is 0 Å². The van der Waals surface area contributed by atoms with Crippen molar-refractivity contribution >= 4 is 57.8 Å². The van der Waals surface area contributed by atoms with Crippen LogP contribution in [0.5, 0.6) is 0 Å². The van der Waals surface area contributed by atoms with E-state index in [9.17, 15) is 0 Å². The normalized spacial score (nSPS) is 5.57. The van der Waals surface area contributed by atoms with E-state index in [4.69, 9.17) is 0 Å². The van der Waals surface area contributed by atoms with Gasteiger partial charge in [0.2, 0.25) is 6.34 Å². The van der Waals surface area contributed by atoms with Gasteiger partial charge in [-0.1, -0.05) is 0 Å². The summed E-state index contributed by atoms with van der Waals surface area (Å²) in [6, 6.07) is 0. The Morgan fingerprint density at radius 2 is 1.43 bits per heavy atom. The number of rotatable bonds is 0. The number of hydrogen-bond acceptors (Lipinski definition) is 0. The monoisotopic (exact) mass is 490 g/mol. The van der Waals surface area contributed by atoms with Gasteiger partial charge >= 0.3 is 51.4 Å². The van der Waals surface area contributed by atoms with Gasteiger partial charge in [0.05, 0.1) is 0 Å². The number of nitrogens with two attached hydrogens (primary N) is 2. The van der Waals surface area contributed by atoms with Crippen LogP contribution >= 0.6 is 36.0 Å². The molecule has 7 heavy (non-hydrogen) atoms. The molecule has 0 rings (SSSR count). The van der Waals surface area contributed by atoms with Crippen molar-refractivity contribution in [1.29, 1.82) is 0 Å². The van der Waals surface area contributed by atoms with Gasteiger partial charge in [-0.25, -0.2) is 0 Å². The third-order valence-electron chi connectivity index (χ3n) is 0. The van der Waals surface area contributed by atoms with Gasteiger partial charge in [-0.05, 0) is 0 Å². The molecular formula is CH5Br3N2Pb+2. The van der Waals surface area contributed by atoms with Crippen LogP contribution in [0.3, 0.4) is 0 Å². The molecule has 4 N–H and O–H groups in total. The molecule has 0 saturated carbocycles. The van der Waals surface area contributed by atoms with Crippen molar-refractivity contribution < 1.29 is 5.41 Å². The zero-order valence-corrected chi connectivity index (χ0v) is 12.0. The topological polar surface area (TPSA) is 51.6 Å². The van der Waals surface area contributed by atoms with Crippen LogP contribution in [0.2, 0.25) is 0 Å². The molecule has 6 heteroatoms. The Morgan fingerprint density at radius 3 is 1.43 bits per heavy atom. The molecule has 0 aliphatic heterocycles. The summed E-state index contributed by atoms with van der Waals surface area (Å²) < 4.78 is 0. The predicted octanol–water partition coefficient (Wildman–Crippen LogP) is -0.111. The average molecular weight is 492 g/mol. The molecule has 0 aliphatic rings. The van der Waals surface area contributed by atoms with Gasteiger partial charge in [0.25, 0.3) is 0 Å². The van der Waals surface area contributed by atoms with E-state index in [2.05, 4.69) is 47.1 Å². The summed E-state index contributed by atoms with van der Waals surface area (Å²) in [7, 11) is 0. The second kappa shape index (κ2) is 10.7. The van der Waals surface area contributed by atoms with Gasteiger partial charge in [0, 0.05) is 0 Å². The molecule has 0 heterocycles. The molecule has 0 fully saturated rings. The molecule has 0 radical (unpaired) electrons. The van der Waals surface area contributed by atoms with Crippen LogP contribution in [0, 0.1) is 0 Å². The van der Waals surface area contributed by atoms with Crippen LogP contribution in [0.25, 0.3) is 0 Å². The first-order valence-corrected chi connectivity index (χ1v) is 26.5. The van der Waals surface area contributed by atoms with Crippen molar-refractivity contribution in [2.75, 3.05) is 0 Å². The molecule has 0 aliphatic carbocycles. The second-order valence-electron chi connectivity index (χ2n) is 0.407. The molecule has 0 bridgehead atoms. The van der Waals surface area contributed by atoms with Crippen LogP contribution in [0.15, 0.2) is 0 Å². The Bertz CT molecular complexity index is 37.2. The zero-order chi connectivity index (χ0) is 6.28. The Labute approximate surface area is 67.8 Å². The molecule has 0 unspecified atom stereocenters. The van der Waals surface area contributed by atoms with Gasteiger partial charge in [0.1, 0.15) is 0 Å². The molecule has 0 aromatic heterocycles. The summed E-state index contributed by atoms with van der Waals surface area (Å²) >= 11 is 8.73. The van der Waals surface area contributed by atoms with Crippen LogP contribution < -0.4 is 11.1 Å².